The molecule has 3 aromatic rings. The molecule has 0 aliphatic carbocycles. The highest BCUT2D eigenvalue weighted by atomic mass is 16.5. The second-order valence-corrected chi connectivity index (χ2v) is 8.55. The van der Waals surface area contributed by atoms with E-state index < -0.39 is 0 Å². The molecule has 0 atom stereocenters. The zero-order chi connectivity index (χ0) is 23.2. The topological polar surface area (TPSA) is 67.7 Å². The zero-order valence-corrected chi connectivity index (χ0v) is 19.5. The number of hydrogen-bond donors (Lipinski definition) is 0. The Bertz CT molecular complexity index is 1150. The molecule has 0 unspecified atom stereocenters. The minimum atomic E-state index is -0.123. The van der Waals surface area contributed by atoms with Gasteiger partial charge in [0.2, 0.25) is 0 Å². The van der Waals surface area contributed by atoms with Crippen molar-refractivity contribution in [3.8, 4) is 5.75 Å². The number of unbranched alkanes of at least 4 members (excludes halogenated alkanes) is 2. The van der Waals surface area contributed by atoms with Gasteiger partial charge >= 0.3 is 0 Å². The molecule has 1 aliphatic heterocycles. The van der Waals surface area contributed by atoms with Crippen LogP contribution in [0.1, 0.15) is 42.2 Å². The third-order valence-corrected chi connectivity index (χ3v) is 6.27. The number of piperazine rings is 1. The summed E-state index contributed by atoms with van der Waals surface area (Å²) in [4.78, 5) is 30.6. The number of methoxy groups -OCH3 is 1. The molecule has 0 radical (unpaired) electrons. The summed E-state index contributed by atoms with van der Waals surface area (Å²) < 4.78 is 6.71. The minimum absolute atomic E-state index is 0.0976. The summed E-state index contributed by atoms with van der Waals surface area (Å²) >= 11 is 0. The Balaban J connectivity index is 1.48. The zero-order valence-electron chi connectivity index (χ0n) is 19.5. The number of hydrogen-bond acceptors (Lipinski definition) is 5. The van der Waals surface area contributed by atoms with E-state index in [1.165, 1.54) is 10.2 Å². The van der Waals surface area contributed by atoms with Crippen LogP contribution in [-0.2, 0) is 13.1 Å². The van der Waals surface area contributed by atoms with Gasteiger partial charge in [-0.2, -0.15) is 5.10 Å². The first-order chi connectivity index (χ1) is 16.1. The van der Waals surface area contributed by atoms with Crippen molar-refractivity contribution >= 4 is 16.7 Å². The number of aryl methyl sites for hydroxylation is 1. The van der Waals surface area contributed by atoms with Crippen molar-refractivity contribution in [3.63, 3.8) is 0 Å². The number of benzene rings is 2. The molecule has 2 heterocycles. The molecule has 1 saturated heterocycles. The second-order valence-electron chi connectivity index (χ2n) is 8.55. The Kier molecular flexibility index (Phi) is 7.40. The molecule has 1 fully saturated rings. The predicted octanol–water partition coefficient (Wildman–Crippen LogP) is 3.55. The van der Waals surface area contributed by atoms with Gasteiger partial charge in [-0.05, 0) is 30.2 Å². The van der Waals surface area contributed by atoms with E-state index in [1.807, 2.05) is 35.2 Å². The number of nitrogens with zero attached hydrogens (tertiary/aromatic N) is 4. The molecule has 33 heavy (non-hydrogen) atoms. The van der Waals surface area contributed by atoms with E-state index in [4.69, 9.17) is 4.74 Å². The molecule has 2 aromatic carbocycles. The predicted molar refractivity (Wildman–Crippen MR) is 130 cm³/mol. The maximum Gasteiger partial charge on any atom is 0.275 e. The average molecular weight is 449 g/mol. The van der Waals surface area contributed by atoms with Crippen molar-refractivity contribution in [2.45, 2.75) is 39.3 Å². The number of ether oxygens (including phenoxy) is 1. The lowest BCUT2D eigenvalue weighted by molar-refractivity contribution is 0.0622. The lowest BCUT2D eigenvalue weighted by atomic mass is 10.1. The van der Waals surface area contributed by atoms with Crippen molar-refractivity contribution in [2.75, 3.05) is 33.3 Å². The lowest BCUT2D eigenvalue weighted by Crippen LogP contribution is -2.48. The maximum absolute atomic E-state index is 13.5. The molecular formula is C26H32N4O3. The Morgan fingerprint density at radius 3 is 2.33 bits per heavy atom. The van der Waals surface area contributed by atoms with Crippen molar-refractivity contribution in [2.24, 2.45) is 0 Å². The molecule has 1 aliphatic rings. The summed E-state index contributed by atoms with van der Waals surface area (Å²) in [6, 6.07) is 15.4. The van der Waals surface area contributed by atoms with E-state index in [1.54, 1.807) is 13.2 Å². The fraction of sp³-hybridized carbons (Fsp3) is 0.423. The molecule has 7 heteroatoms. The molecule has 1 amide bonds. The van der Waals surface area contributed by atoms with Crippen LogP contribution in [-0.4, -0.2) is 58.8 Å². The van der Waals surface area contributed by atoms with Crippen LogP contribution in [0.15, 0.2) is 53.3 Å². The van der Waals surface area contributed by atoms with Crippen LogP contribution in [0.5, 0.6) is 5.75 Å². The molecular weight excluding hydrogens is 416 g/mol. The highest BCUT2D eigenvalue weighted by molar-refractivity contribution is 6.04. The number of carbonyl (C=O) groups is 1. The lowest BCUT2D eigenvalue weighted by Gasteiger charge is -2.34. The van der Waals surface area contributed by atoms with Gasteiger partial charge < -0.3 is 9.64 Å². The molecule has 174 valence electrons. The van der Waals surface area contributed by atoms with Crippen molar-refractivity contribution < 1.29 is 9.53 Å². The van der Waals surface area contributed by atoms with E-state index in [0.717, 1.165) is 44.6 Å². The molecule has 0 N–H and O–H groups in total. The van der Waals surface area contributed by atoms with E-state index in [2.05, 4.69) is 29.1 Å². The fourth-order valence-corrected chi connectivity index (χ4v) is 4.30. The summed E-state index contributed by atoms with van der Waals surface area (Å²) in [7, 11) is 1.67. The molecule has 0 saturated carbocycles. The SMILES string of the molecule is CCCCCn1nc(C(=O)N2CCN(Cc3ccc(OC)cc3)CC2)c2ccccc2c1=O. The van der Waals surface area contributed by atoms with E-state index in [9.17, 15) is 9.59 Å². The summed E-state index contributed by atoms with van der Waals surface area (Å²) in [5.74, 6) is 0.754. The van der Waals surface area contributed by atoms with Crippen LogP contribution in [0, 0.1) is 0 Å². The van der Waals surface area contributed by atoms with Crippen LogP contribution in [0.25, 0.3) is 10.8 Å². The Morgan fingerprint density at radius 1 is 0.970 bits per heavy atom. The summed E-state index contributed by atoms with van der Waals surface area (Å²) in [6.07, 6.45) is 2.97. The van der Waals surface area contributed by atoms with E-state index >= 15 is 0 Å². The van der Waals surface area contributed by atoms with Gasteiger partial charge in [-0.25, -0.2) is 4.68 Å². The van der Waals surface area contributed by atoms with Gasteiger partial charge in [-0.15, -0.1) is 0 Å². The van der Waals surface area contributed by atoms with Gasteiger partial charge in [0.1, 0.15) is 5.75 Å². The summed E-state index contributed by atoms with van der Waals surface area (Å²) in [6.45, 7) is 6.38. The van der Waals surface area contributed by atoms with Crippen LogP contribution >= 0.6 is 0 Å². The first kappa shape index (κ1) is 23.0. The highest BCUT2D eigenvalue weighted by Gasteiger charge is 2.26. The molecule has 1 aromatic heterocycles. The largest absolute Gasteiger partial charge is 0.497 e. The quantitative estimate of drug-likeness (QED) is 0.493. The van der Waals surface area contributed by atoms with Crippen molar-refractivity contribution in [3.05, 3.63) is 70.1 Å². The number of carbonyl (C=O) groups excluding carboxylic acids is 1. The van der Waals surface area contributed by atoms with Crippen LogP contribution in [0.2, 0.25) is 0 Å². The Hall–Kier alpha value is -3.19. The normalized spacial score (nSPS) is 14.5. The smallest absolute Gasteiger partial charge is 0.275 e. The third kappa shape index (κ3) is 5.25. The summed E-state index contributed by atoms with van der Waals surface area (Å²) in [5, 5.41) is 5.74. The highest BCUT2D eigenvalue weighted by Crippen LogP contribution is 2.18. The van der Waals surface area contributed by atoms with Gasteiger partial charge in [0.15, 0.2) is 5.69 Å². The number of fused-ring (bicyclic) bond motifs is 1. The first-order valence-electron chi connectivity index (χ1n) is 11.7. The standard InChI is InChI=1S/C26H32N4O3/c1-3-4-7-14-30-25(31)23-9-6-5-8-22(23)24(27-30)26(32)29-17-15-28(16-18-29)19-20-10-12-21(33-2)13-11-20/h5-6,8-13H,3-4,7,14-19H2,1-2H3. The van der Waals surface area contributed by atoms with Gasteiger partial charge in [0.25, 0.3) is 11.5 Å². The van der Waals surface area contributed by atoms with Crippen LogP contribution < -0.4 is 10.3 Å². The van der Waals surface area contributed by atoms with Gasteiger partial charge in [0, 0.05) is 44.7 Å². The molecule has 0 bridgehead atoms. The molecule has 7 nitrogen and oxygen atoms in total. The number of rotatable bonds is 8. The fourth-order valence-electron chi connectivity index (χ4n) is 4.30. The van der Waals surface area contributed by atoms with Gasteiger partial charge in [-0.1, -0.05) is 50.1 Å². The molecule has 4 rings (SSSR count). The first-order valence-corrected chi connectivity index (χ1v) is 11.7. The van der Waals surface area contributed by atoms with Crippen molar-refractivity contribution in [1.29, 1.82) is 0 Å². The van der Waals surface area contributed by atoms with Crippen LogP contribution in [0.4, 0.5) is 0 Å². The van der Waals surface area contributed by atoms with E-state index in [0.29, 0.717) is 36.1 Å². The minimum Gasteiger partial charge on any atom is -0.497 e. The maximum atomic E-state index is 13.5. The monoisotopic (exact) mass is 448 g/mol. The Labute approximate surface area is 194 Å². The van der Waals surface area contributed by atoms with Gasteiger partial charge in [-0.3, -0.25) is 14.5 Å². The average Bonchev–Trinajstić information content (AvgIpc) is 2.86. The Morgan fingerprint density at radius 2 is 1.67 bits per heavy atom. The third-order valence-electron chi connectivity index (χ3n) is 6.27. The number of aromatic nitrogens is 2. The van der Waals surface area contributed by atoms with E-state index in [-0.39, 0.29) is 11.5 Å². The second kappa shape index (κ2) is 10.6. The number of amides is 1. The van der Waals surface area contributed by atoms with Gasteiger partial charge in [0.05, 0.1) is 12.5 Å². The summed E-state index contributed by atoms with van der Waals surface area (Å²) in [5.41, 5.74) is 1.48. The van der Waals surface area contributed by atoms with Crippen LogP contribution in [0.3, 0.4) is 0 Å². The van der Waals surface area contributed by atoms with Crippen molar-refractivity contribution in [1.82, 2.24) is 19.6 Å². The molecule has 0 spiro atoms.